The van der Waals surface area contributed by atoms with Crippen LogP contribution in [0.4, 0.5) is 8.78 Å². The van der Waals surface area contributed by atoms with Gasteiger partial charge < -0.3 is 0 Å². The Kier molecular flexibility index (Phi) is 3.27. The van der Waals surface area contributed by atoms with Crippen molar-refractivity contribution in [1.82, 2.24) is 4.72 Å². The molecule has 0 aliphatic carbocycles. The molecule has 0 fully saturated rings. The molecule has 1 rings (SSSR count). The van der Waals surface area contributed by atoms with Crippen LogP contribution in [0.2, 0.25) is 0 Å². The summed E-state index contributed by atoms with van der Waals surface area (Å²) >= 11 is 0. The second kappa shape index (κ2) is 4.17. The molecule has 7 heteroatoms. The summed E-state index contributed by atoms with van der Waals surface area (Å²) in [6.45, 7) is 1.33. The van der Waals surface area contributed by atoms with Crippen LogP contribution in [0.15, 0.2) is 12.1 Å². The highest BCUT2D eigenvalue weighted by atomic mass is 32.2. The van der Waals surface area contributed by atoms with Gasteiger partial charge >= 0.3 is 0 Å². The molecular weight excluding hydrogens is 240 g/mol. The molecule has 88 valence electrons. The molecule has 1 N–H and O–H groups in total. The Hall–Kier alpha value is -1.50. The van der Waals surface area contributed by atoms with E-state index in [1.54, 1.807) is 4.72 Å². The van der Waals surface area contributed by atoms with E-state index in [4.69, 9.17) is 0 Å². The topological polar surface area (TPSA) is 63.2 Å². The van der Waals surface area contributed by atoms with Gasteiger partial charge in [-0.2, -0.15) is 0 Å². The Bertz CT molecular complexity index is 540. The van der Waals surface area contributed by atoms with E-state index < -0.39 is 33.1 Å². The van der Waals surface area contributed by atoms with Crippen LogP contribution >= 0.6 is 0 Å². The van der Waals surface area contributed by atoms with E-state index in [-0.39, 0.29) is 5.56 Å². The maximum Gasteiger partial charge on any atom is 0.267 e. The van der Waals surface area contributed by atoms with Crippen LogP contribution in [0.1, 0.15) is 15.9 Å². The van der Waals surface area contributed by atoms with E-state index in [1.807, 2.05) is 0 Å². The predicted octanol–water partition coefficient (Wildman–Crippen LogP) is 0.963. The molecule has 0 aliphatic rings. The van der Waals surface area contributed by atoms with Gasteiger partial charge in [0.1, 0.15) is 11.6 Å². The first-order chi connectivity index (χ1) is 7.20. The van der Waals surface area contributed by atoms with Gasteiger partial charge in [0.2, 0.25) is 10.0 Å². The smallest absolute Gasteiger partial charge is 0.267 e. The molecule has 1 amide bonds. The van der Waals surface area contributed by atoms with Crippen LogP contribution in [0, 0.1) is 18.6 Å². The van der Waals surface area contributed by atoms with Crippen molar-refractivity contribution in [3.05, 3.63) is 34.9 Å². The number of benzene rings is 1. The number of carbonyl (C=O) groups excluding carboxylic acids is 1. The molecule has 0 spiro atoms. The summed E-state index contributed by atoms with van der Waals surface area (Å²) in [6, 6.07) is 1.48. The zero-order valence-corrected chi connectivity index (χ0v) is 9.36. The van der Waals surface area contributed by atoms with Gasteiger partial charge in [-0.05, 0) is 24.6 Å². The van der Waals surface area contributed by atoms with E-state index in [9.17, 15) is 22.0 Å². The summed E-state index contributed by atoms with van der Waals surface area (Å²) in [6.07, 6.45) is 0.743. The third-order valence-electron chi connectivity index (χ3n) is 1.77. The summed E-state index contributed by atoms with van der Waals surface area (Å²) in [7, 11) is -3.80. The second-order valence-corrected chi connectivity index (χ2v) is 5.03. The van der Waals surface area contributed by atoms with E-state index in [1.165, 1.54) is 6.92 Å². The Morgan fingerprint density at radius 2 is 1.81 bits per heavy atom. The van der Waals surface area contributed by atoms with Crippen LogP contribution in [0.25, 0.3) is 0 Å². The van der Waals surface area contributed by atoms with Crippen molar-refractivity contribution in [2.45, 2.75) is 6.92 Å². The first-order valence-electron chi connectivity index (χ1n) is 4.18. The first kappa shape index (κ1) is 12.6. The molecule has 1 aromatic carbocycles. The molecule has 0 heterocycles. The molecule has 0 saturated heterocycles. The Morgan fingerprint density at radius 3 is 2.31 bits per heavy atom. The Morgan fingerprint density at radius 1 is 1.25 bits per heavy atom. The largest absolute Gasteiger partial charge is 0.268 e. The number of carbonyl (C=O) groups is 1. The normalized spacial score (nSPS) is 11.2. The number of hydrogen-bond acceptors (Lipinski definition) is 3. The van der Waals surface area contributed by atoms with Crippen molar-refractivity contribution in [2.75, 3.05) is 6.26 Å². The Balaban J connectivity index is 3.15. The van der Waals surface area contributed by atoms with Crippen molar-refractivity contribution in [3.8, 4) is 0 Å². The standard InChI is InChI=1S/C9H9F2NO3S/c1-5-3-8(11)6(4-7(5)10)9(13)12-16(2,14)15/h3-4H,1-2H3,(H,12,13). The lowest BCUT2D eigenvalue weighted by molar-refractivity contribution is 0.0977. The SMILES string of the molecule is Cc1cc(F)c(C(=O)NS(C)(=O)=O)cc1F. The van der Waals surface area contributed by atoms with Crippen molar-refractivity contribution in [3.63, 3.8) is 0 Å². The van der Waals surface area contributed by atoms with Gasteiger partial charge in [0.25, 0.3) is 5.91 Å². The number of rotatable bonds is 2. The van der Waals surface area contributed by atoms with Gasteiger partial charge in [-0.3, -0.25) is 4.79 Å². The molecule has 16 heavy (non-hydrogen) atoms. The van der Waals surface area contributed by atoms with Gasteiger partial charge in [0.15, 0.2) is 0 Å². The monoisotopic (exact) mass is 249 g/mol. The number of sulfonamides is 1. The number of amides is 1. The van der Waals surface area contributed by atoms with Crippen LogP contribution in [-0.2, 0) is 10.0 Å². The van der Waals surface area contributed by atoms with Gasteiger partial charge in [-0.15, -0.1) is 0 Å². The highest BCUT2D eigenvalue weighted by Crippen LogP contribution is 2.14. The Labute approximate surface area is 91.3 Å². The molecule has 0 radical (unpaired) electrons. The van der Waals surface area contributed by atoms with Gasteiger partial charge in [0.05, 0.1) is 11.8 Å². The first-order valence-corrected chi connectivity index (χ1v) is 6.07. The highest BCUT2D eigenvalue weighted by Gasteiger charge is 2.17. The third kappa shape index (κ3) is 2.99. The minimum Gasteiger partial charge on any atom is -0.268 e. The number of halogens is 2. The van der Waals surface area contributed by atoms with Gasteiger partial charge in [-0.25, -0.2) is 21.9 Å². The molecule has 0 saturated carbocycles. The average molecular weight is 249 g/mol. The molecule has 0 bridgehead atoms. The van der Waals surface area contributed by atoms with E-state index >= 15 is 0 Å². The lowest BCUT2D eigenvalue weighted by Crippen LogP contribution is -2.30. The van der Waals surface area contributed by atoms with Crippen molar-refractivity contribution in [1.29, 1.82) is 0 Å². The van der Waals surface area contributed by atoms with Crippen molar-refractivity contribution < 1.29 is 22.0 Å². The summed E-state index contributed by atoms with van der Waals surface area (Å²) in [5.74, 6) is -2.95. The molecular formula is C9H9F2NO3S. The maximum absolute atomic E-state index is 13.2. The molecule has 0 aliphatic heterocycles. The summed E-state index contributed by atoms with van der Waals surface area (Å²) < 4.78 is 49.3. The van der Waals surface area contributed by atoms with E-state index in [2.05, 4.69) is 0 Å². The summed E-state index contributed by atoms with van der Waals surface area (Å²) in [5, 5.41) is 0. The number of hydrogen-bond donors (Lipinski definition) is 1. The van der Waals surface area contributed by atoms with Gasteiger partial charge in [0, 0.05) is 0 Å². The fraction of sp³-hybridized carbons (Fsp3) is 0.222. The third-order valence-corrected chi connectivity index (χ3v) is 2.33. The molecule has 4 nitrogen and oxygen atoms in total. The second-order valence-electron chi connectivity index (χ2n) is 3.28. The quantitative estimate of drug-likeness (QED) is 0.849. The fourth-order valence-electron chi connectivity index (χ4n) is 1.04. The number of nitrogens with one attached hydrogen (secondary N) is 1. The van der Waals surface area contributed by atoms with E-state index in [0.29, 0.717) is 6.07 Å². The zero-order valence-electron chi connectivity index (χ0n) is 8.54. The van der Waals surface area contributed by atoms with Crippen molar-refractivity contribution >= 4 is 15.9 Å². The predicted molar refractivity (Wildman–Crippen MR) is 53.4 cm³/mol. The fourth-order valence-corrected chi connectivity index (χ4v) is 1.49. The van der Waals surface area contributed by atoms with Crippen LogP contribution in [-0.4, -0.2) is 20.6 Å². The van der Waals surface area contributed by atoms with Crippen LogP contribution < -0.4 is 4.72 Å². The van der Waals surface area contributed by atoms with Gasteiger partial charge in [-0.1, -0.05) is 0 Å². The summed E-state index contributed by atoms with van der Waals surface area (Å²) in [5.41, 5.74) is -0.609. The molecule has 0 unspecified atom stereocenters. The number of aryl methyl sites for hydroxylation is 1. The molecule has 0 aromatic heterocycles. The van der Waals surface area contributed by atoms with E-state index in [0.717, 1.165) is 12.3 Å². The van der Waals surface area contributed by atoms with Crippen molar-refractivity contribution in [2.24, 2.45) is 0 Å². The highest BCUT2D eigenvalue weighted by molar-refractivity contribution is 7.89. The maximum atomic E-state index is 13.2. The lowest BCUT2D eigenvalue weighted by Gasteiger charge is -2.05. The van der Waals surface area contributed by atoms with Crippen LogP contribution in [0.5, 0.6) is 0 Å². The summed E-state index contributed by atoms with van der Waals surface area (Å²) in [4.78, 5) is 11.2. The molecule has 0 atom stereocenters. The minimum atomic E-state index is -3.80. The van der Waals surface area contributed by atoms with Crippen LogP contribution in [0.3, 0.4) is 0 Å². The molecule has 1 aromatic rings. The minimum absolute atomic E-state index is 0.0356. The zero-order chi connectivity index (χ0) is 12.5. The average Bonchev–Trinajstić information content (AvgIpc) is 2.08. The lowest BCUT2D eigenvalue weighted by atomic mass is 10.1.